The topological polar surface area (TPSA) is 48.4 Å². The minimum atomic E-state index is -0.563. The van der Waals surface area contributed by atoms with Crippen LogP contribution in [0.4, 0.5) is 0 Å². The lowest BCUT2D eigenvalue weighted by Crippen LogP contribution is -2.48. The standard InChI is InChI=1S/C15H21NO3/c1-10-9-16-12(11(2)14(10)18-3)8-13(17)15(19-4)6-5-7-15/h9H,5-8H2,1-4H3. The first kappa shape index (κ1) is 14.0. The van der Waals surface area contributed by atoms with Gasteiger partial charge in [-0.15, -0.1) is 0 Å². The molecular formula is C15H21NO3. The number of carbonyl (C=O) groups is 1. The van der Waals surface area contributed by atoms with E-state index in [1.807, 2.05) is 13.8 Å². The number of hydrogen-bond acceptors (Lipinski definition) is 4. The number of ether oxygens (including phenoxy) is 2. The van der Waals surface area contributed by atoms with Crippen LogP contribution in [0.25, 0.3) is 0 Å². The lowest BCUT2D eigenvalue weighted by Gasteiger charge is -2.38. The predicted molar refractivity (Wildman–Crippen MR) is 72.6 cm³/mol. The van der Waals surface area contributed by atoms with Crippen molar-refractivity contribution in [2.24, 2.45) is 0 Å². The predicted octanol–water partition coefficient (Wildman–Crippen LogP) is 2.39. The van der Waals surface area contributed by atoms with E-state index in [0.29, 0.717) is 6.42 Å². The molecule has 2 rings (SSSR count). The van der Waals surface area contributed by atoms with Crippen LogP contribution in [0.3, 0.4) is 0 Å². The van der Waals surface area contributed by atoms with Gasteiger partial charge in [0.2, 0.25) is 0 Å². The Bertz CT molecular complexity index is 487. The van der Waals surface area contributed by atoms with Gasteiger partial charge in [0.25, 0.3) is 0 Å². The number of aryl methyl sites for hydroxylation is 1. The third-order valence-corrected chi connectivity index (χ3v) is 4.14. The van der Waals surface area contributed by atoms with Crippen LogP contribution in [0.1, 0.15) is 36.1 Å². The van der Waals surface area contributed by atoms with Crippen molar-refractivity contribution in [1.82, 2.24) is 4.98 Å². The summed E-state index contributed by atoms with van der Waals surface area (Å²) in [5.74, 6) is 0.945. The molecule has 4 nitrogen and oxygen atoms in total. The van der Waals surface area contributed by atoms with Gasteiger partial charge in [-0.2, -0.15) is 0 Å². The van der Waals surface area contributed by atoms with Crippen LogP contribution in [-0.4, -0.2) is 30.6 Å². The van der Waals surface area contributed by atoms with Gasteiger partial charge in [0.1, 0.15) is 11.4 Å². The molecule has 19 heavy (non-hydrogen) atoms. The first-order valence-electron chi connectivity index (χ1n) is 6.61. The molecule has 1 aromatic rings. The van der Waals surface area contributed by atoms with Crippen molar-refractivity contribution in [1.29, 1.82) is 0 Å². The Morgan fingerprint density at radius 1 is 1.37 bits per heavy atom. The van der Waals surface area contributed by atoms with Gasteiger partial charge < -0.3 is 9.47 Å². The van der Waals surface area contributed by atoms with E-state index in [9.17, 15) is 4.79 Å². The summed E-state index contributed by atoms with van der Waals surface area (Å²) in [5.41, 5.74) is 2.16. The van der Waals surface area contributed by atoms with Crippen LogP contribution >= 0.6 is 0 Å². The van der Waals surface area contributed by atoms with E-state index in [2.05, 4.69) is 4.98 Å². The number of carbonyl (C=O) groups excluding carboxylic acids is 1. The molecule has 0 amide bonds. The maximum Gasteiger partial charge on any atom is 0.170 e. The number of aromatic nitrogens is 1. The Labute approximate surface area is 114 Å². The maximum absolute atomic E-state index is 12.4. The van der Waals surface area contributed by atoms with E-state index >= 15 is 0 Å². The van der Waals surface area contributed by atoms with Gasteiger partial charge >= 0.3 is 0 Å². The normalized spacial score (nSPS) is 16.8. The molecule has 0 spiro atoms. The highest BCUT2D eigenvalue weighted by Gasteiger charge is 2.44. The summed E-state index contributed by atoms with van der Waals surface area (Å²) in [7, 11) is 3.26. The van der Waals surface area contributed by atoms with Gasteiger partial charge in [0.05, 0.1) is 19.2 Å². The molecule has 1 aromatic heterocycles. The van der Waals surface area contributed by atoms with E-state index in [-0.39, 0.29) is 5.78 Å². The Hall–Kier alpha value is -1.42. The molecule has 0 bridgehead atoms. The molecule has 0 atom stereocenters. The number of methoxy groups -OCH3 is 2. The van der Waals surface area contributed by atoms with E-state index in [1.165, 1.54) is 0 Å². The average molecular weight is 263 g/mol. The highest BCUT2D eigenvalue weighted by Crippen LogP contribution is 2.37. The van der Waals surface area contributed by atoms with E-state index < -0.39 is 5.60 Å². The molecule has 0 aromatic carbocycles. The molecule has 0 radical (unpaired) electrons. The van der Waals surface area contributed by atoms with E-state index in [1.54, 1.807) is 20.4 Å². The Kier molecular flexibility index (Phi) is 3.90. The molecule has 0 N–H and O–H groups in total. The third-order valence-electron chi connectivity index (χ3n) is 4.14. The molecule has 0 aliphatic heterocycles. The minimum Gasteiger partial charge on any atom is -0.496 e. The molecule has 1 saturated carbocycles. The second-order valence-electron chi connectivity index (χ2n) is 5.20. The smallest absolute Gasteiger partial charge is 0.170 e. The average Bonchev–Trinajstić information content (AvgIpc) is 2.33. The highest BCUT2D eigenvalue weighted by molar-refractivity contribution is 5.90. The summed E-state index contributed by atoms with van der Waals surface area (Å²) < 4.78 is 10.8. The van der Waals surface area contributed by atoms with Crippen molar-refractivity contribution in [3.63, 3.8) is 0 Å². The SMILES string of the molecule is COc1c(C)cnc(CC(=O)C2(OC)CCC2)c1C. The fourth-order valence-electron chi connectivity index (χ4n) is 2.66. The van der Waals surface area contributed by atoms with Crippen LogP contribution in [-0.2, 0) is 16.0 Å². The fraction of sp³-hybridized carbons (Fsp3) is 0.600. The second kappa shape index (κ2) is 5.29. The van der Waals surface area contributed by atoms with Crippen LogP contribution < -0.4 is 4.74 Å². The van der Waals surface area contributed by atoms with Crippen molar-refractivity contribution < 1.29 is 14.3 Å². The third kappa shape index (κ3) is 2.37. The summed E-state index contributed by atoms with van der Waals surface area (Å²) in [4.78, 5) is 16.8. The van der Waals surface area contributed by atoms with Crippen LogP contribution in [0.15, 0.2) is 6.20 Å². The molecule has 1 fully saturated rings. The molecular weight excluding hydrogens is 242 g/mol. The number of nitrogens with zero attached hydrogens (tertiary/aromatic N) is 1. The van der Waals surface area contributed by atoms with Crippen molar-refractivity contribution in [2.75, 3.05) is 14.2 Å². The molecule has 1 aliphatic carbocycles. The monoisotopic (exact) mass is 263 g/mol. The van der Waals surface area contributed by atoms with Gasteiger partial charge in [-0.25, -0.2) is 0 Å². The summed E-state index contributed by atoms with van der Waals surface area (Å²) in [6, 6.07) is 0. The molecule has 0 saturated heterocycles. The lowest BCUT2D eigenvalue weighted by atomic mass is 9.75. The van der Waals surface area contributed by atoms with Crippen molar-refractivity contribution in [3.8, 4) is 5.75 Å². The number of rotatable bonds is 5. The first-order valence-corrected chi connectivity index (χ1v) is 6.61. The van der Waals surface area contributed by atoms with Gasteiger partial charge in [-0.1, -0.05) is 0 Å². The zero-order chi connectivity index (χ0) is 14.0. The Balaban J connectivity index is 2.22. The highest BCUT2D eigenvalue weighted by atomic mass is 16.5. The molecule has 104 valence electrons. The van der Waals surface area contributed by atoms with Crippen LogP contribution in [0, 0.1) is 13.8 Å². The summed E-state index contributed by atoms with van der Waals surface area (Å²) >= 11 is 0. The van der Waals surface area contributed by atoms with Gasteiger partial charge in [0.15, 0.2) is 5.78 Å². The summed E-state index contributed by atoms with van der Waals surface area (Å²) in [6.45, 7) is 3.90. The quantitative estimate of drug-likeness (QED) is 0.818. The van der Waals surface area contributed by atoms with Crippen molar-refractivity contribution in [3.05, 3.63) is 23.0 Å². The maximum atomic E-state index is 12.4. The van der Waals surface area contributed by atoms with Crippen molar-refractivity contribution >= 4 is 5.78 Å². The molecule has 1 heterocycles. The second-order valence-corrected chi connectivity index (χ2v) is 5.20. The minimum absolute atomic E-state index is 0.128. The summed E-state index contributed by atoms with van der Waals surface area (Å²) in [6.07, 6.45) is 4.78. The zero-order valence-corrected chi connectivity index (χ0v) is 12.1. The molecule has 4 heteroatoms. The van der Waals surface area contributed by atoms with Crippen LogP contribution in [0.2, 0.25) is 0 Å². The summed E-state index contributed by atoms with van der Waals surface area (Å²) in [5, 5.41) is 0. The van der Waals surface area contributed by atoms with Gasteiger partial charge in [0, 0.05) is 24.4 Å². The molecule has 0 unspecified atom stereocenters. The largest absolute Gasteiger partial charge is 0.496 e. The number of Topliss-reactive ketones (excluding diaryl/α,β-unsaturated/α-hetero) is 1. The number of pyridine rings is 1. The number of hydrogen-bond donors (Lipinski definition) is 0. The first-order chi connectivity index (χ1) is 9.04. The van der Waals surface area contributed by atoms with E-state index in [4.69, 9.17) is 9.47 Å². The van der Waals surface area contributed by atoms with Crippen molar-refractivity contribution in [2.45, 2.75) is 45.1 Å². The molecule has 1 aliphatic rings. The lowest BCUT2D eigenvalue weighted by molar-refractivity contribution is -0.151. The van der Waals surface area contributed by atoms with Gasteiger partial charge in [-0.05, 0) is 33.1 Å². The number of ketones is 1. The Morgan fingerprint density at radius 3 is 2.53 bits per heavy atom. The fourth-order valence-corrected chi connectivity index (χ4v) is 2.66. The van der Waals surface area contributed by atoms with Crippen LogP contribution in [0.5, 0.6) is 5.75 Å². The zero-order valence-electron chi connectivity index (χ0n) is 12.1. The Morgan fingerprint density at radius 2 is 2.05 bits per heavy atom. The van der Waals surface area contributed by atoms with Gasteiger partial charge in [-0.3, -0.25) is 9.78 Å². The van der Waals surface area contributed by atoms with E-state index in [0.717, 1.165) is 41.8 Å².